The van der Waals surface area contributed by atoms with Crippen molar-refractivity contribution in [3.05, 3.63) is 53.5 Å². The Hall–Kier alpha value is -2.65. The van der Waals surface area contributed by atoms with Gasteiger partial charge >= 0.3 is 0 Å². The van der Waals surface area contributed by atoms with E-state index >= 15 is 0 Å². The van der Waals surface area contributed by atoms with Crippen LogP contribution < -0.4 is 0 Å². The van der Waals surface area contributed by atoms with E-state index in [9.17, 15) is 14.3 Å². The molecular formula is C24H23FN2O5. The molecule has 3 aliphatic rings. The van der Waals surface area contributed by atoms with Crippen molar-refractivity contribution in [1.82, 2.24) is 9.97 Å². The molecule has 3 atom stereocenters. The topological polar surface area (TPSA) is 93.7 Å². The standard InChI is InChI=1S/C24H23FN2O5/c25-16-8-18-17(27-21(16)13-1-3-14(4-2-13)24(12-28)5-6-24)7-15(26-18)9-30-20-11-32-22-19(29)10-31-23(20)22/h1-4,7-8,20,22-23,26,28H,5-6,9-12H2/t20-,22-,23-/m1/s1. The number of hydrogen-bond acceptors (Lipinski definition) is 6. The van der Waals surface area contributed by atoms with Gasteiger partial charge < -0.3 is 24.3 Å². The quantitative estimate of drug-likeness (QED) is 0.615. The number of ketones is 1. The zero-order valence-corrected chi connectivity index (χ0v) is 17.3. The van der Waals surface area contributed by atoms with E-state index in [1.54, 1.807) is 0 Å². The van der Waals surface area contributed by atoms with Crippen molar-refractivity contribution in [2.24, 2.45) is 0 Å². The molecule has 2 aliphatic heterocycles. The molecule has 8 heteroatoms. The number of nitrogens with zero attached hydrogens (tertiary/aromatic N) is 1. The number of fused-ring (bicyclic) bond motifs is 2. The number of pyridine rings is 1. The van der Waals surface area contributed by atoms with Crippen LogP contribution in [0.1, 0.15) is 24.1 Å². The highest BCUT2D eigenvalue weighted by atomic mass is 19.1. The number of benzene rings is 1. The molecule has 1 saturated carbocycles. The van der Waals surface area contributed by atoms with Crippen LogP contribution in [0.4, 0.5) is 4.39 Å². The number of aromatic nitrogens is 2. The molecule has 7 nitrogen and oxygen atoms in total. The summed E-state index contributed by atoms with van der Waals surface area (Å²) in [4.78, 5) is 19.4. The Morgan fingerprint density at radius 2 is 2.03 bits per heavy atom. The fourth-order valence-electron chi connectivity index (χ4n) is 4.69. The van der Waals surface area contributed by atoms with Crippen molar-refractivity contribution >= 4 is 16.8 Å². The van der Waals surface area contributed by atoms with Crippen molar-refractivity contribution < 1.29 is 28.5 Å². The SMILES string of the molecule is O=C1CO[C@H]2[C@@H]1OC[C@H]2OCc1cc2nc(-c3ccc(C4(CO)CC4)cc3)c(F)cc2[nH]1. The Kier molecular flexibility index (Phi) is 4.65. The monoisotopic (exact) mass is 438 g/mol. The normalized spacial score (nSPS) is 26.1. The molecule has 0 unspecified atom stereocenters. The first-order valence-corrected chi connectivity index (χ1v) is 10.8. The minimum Gasteiger partial charge on any atom is -0.395 e. The molecule has 3 fully saturated rings. The Morgan fingerprint density at radius 3 is 2.78 bits per heavy atom. The molecule has 1 aliphatic carbocycles. The molecule has 2 aromatic heterocycles. The van der Waals surface area contributed by atoms with Gasteiger partial charge in [0.15, 0.2) is 11.6 Å². The van der Waals surface area contributed by atoms with E-state index in [4.69, 9.17) is 14.2 Å². The number of aromatic amines is 1. The van der Waals surface area contributed by atoms with Crippen LogP contribution in [0.25, 0.3) is 22.3 Å². The fourth-order valence-corrected chi connectivity index (χ4v) is 4.69. The van der Waals surface area contributed by atoms with Crippen molar-refractivity contribution in [3.63, 3.8) is 0 Å². The minimum atomic E-state index is -0.528. The molecule has 32 heavy (non-hydrogen) atoms. The van der Waals surface area contributed by atoms with Crippen molar-refractivity contribution in [2.45, 2.75) is 43.2 Å². The number of aliphatic hydroxyl groups is 1. The molecule has 0 amide bonds. The lowest BCUT2D eigenvalue weighted by molar-refractivity contribution is -0.125. The third-order valence-corrected chi connectivity index (χ3v) is 6.83. The third-order valence-electron chi connectivity index (χ3n) is 6.83. The lowest BCUT2D eigenvalue weighted by Gasteiger charge is -2.15. The van der Waals surface area contributed by atoms with Gasteiger partial charge in [0.25, 0.3) is 0 Å². The first-order valence-electron chi connectivity index (χ1n) is 10.8. The molecule has 1 aromatic carbocycles. The van der Waals surface area contributed by atoms with Crippen LogP contribution in [-0.4, -0.2) is 59.0 Å². The van der Waals surface area contributed by atoms with Crippen LogP contribution in [0.15, 0.2) is 36.4 Å². The molecule has 3 aromatic rings. The second-order valence-electron chi connectivity index (χ2n) is 8.91. The highest BCUT2D eigenvalue weighted by Crippen LogP contribution is 2.47. The van der Waals surface area contributed by atoms with Crippen LogP contribution in [0, 0.1) is 5.82 Å². The Bertz CT molecular complexity index is 1190. The predicted molar refractivity (Wildman–Crippen MR) is 113 cm³/mol. The van der Waals surface area contributed by atoms with Crippen LogP contribution in [0.3, 0.4) is 0 Å². The number of carbonyl (C=O) groups excluding carboxylic acids is 1. The second-order valence-corrected chi connectivity index (χ2v) is 8.91. The lowest BCUT2D eigenvalue weighted by Crippen LogP contribution is -2.31. The van der Waals surface area contributed by atoms with E-state index in [-0.39, 0.29) is 48.9 Å². The molecule has 2 saturated heterocycles. The van der Waals surface area contributed by atoms with Crippen molar-refractivity contribution in [1.29, 1.82) is 0 Å². The van der Waals surface area contributed by atoms with Crippen LogP contribution in [0.2, 0.25) is 0 Å². The Balaban J connectivity index is 1.20. The highest BCUT2D eigenvalue weighted by Gasteiger charge is 2.47. The highest BCUT2D eigenvalue weighted by molar-refractivity contribution is 5.87. The Labute approximate surface area is 183 Å². The summed E-state index contributed by atoms with van der Waals surface area (Å²) in [5, 5.41) is 9.62. The van der Waals surface area contributed by atoms with E-state index in [2.05, 4.69) is 9.97 Å². The van der Waals surface area contributed by atoms with Crippen LogP contribution >= 0.6 is 0 Å². The van der Waals surface area contributed by atoms with Gasteiger partial charge in [0.1, 0.15) is 30.6 Å². The van der Waals surface area contributed by atoms with Gasteiger partial charge in [-0.15, -0.1) is 0 Å². The van der Waals surface area contributed by atoms with E-state index in [1.165, 1.54) is 6.07 Å². The van der Waals surface area contributed by atoms with E-state index in [0.29, 0.717) is 23.2 Å². The zero-order valence-electron chi connectivity index (χ0n) is 17.3. The summed E-state index contributed by atoms with van der Waals surface area (Å²) in [7, 11) is 0. The largest absolute Gasteiger partial charge is 0.395 e. The zero-order chi connectivity index (χ0) is 21.9. The van der Waals surface area contributed by atoms with Gasteiger partial charge in [0, 0.05) is 22.7 Å². The number of aliphatic hydroxyl groups excluding tert-OH is 1. The molecule has 0 radical (unpaired) electrons. The van der Waals surface area contributed by atoms with Gasteiger partial charge in [-0.1, -0.05) is 24.3 Å². The van der Waals surface area contributed by atoms with Gasteiger partial charge in [0.2, 0.25) is 0 Å². The molecule has 4 heterocycles. The fraction of sp³-hybridized carbons (Fsp3) is 0.417. The van der Waals surface area contributed by atoms with Crippen molar-refractivity contribution in [3.8, 4) is 11.3 Å². The van der Waals surface area contributed by atoms with Gasteiger partial charge in [-0.3, -0.25) is 4.79 Å². The number of carbonyl (C=O) groups is 1. The average Bonchev–Trinajstić information content (AvgIpc) is 3.14. The predicted octanol–water partition coefficient (Wildman–Crippen LogP) is 2.64. The molecule has 166 valence electrons. The summed E-state index contributed by atoms with van der Waals surface area (Å²) in [6, 6.07) is 10.9. The number of rotatable bonds is 6. The maximum Gasteiger partial charge on any atom is 0.189 e. The number of halogens is 1. The number of H-pyrrole nitrogens is 1. The molecular weight excluding hydrogens is 415 g/mol. The maximum absolute atomic E-state index is 14.8. The van der Waals surface area contributed by atoms with Crippen LogP contribution in [0.5, 0.6) is 0 Å². The second kappa shape index (κ2) is 7.45. The number of Topliss-reactive ketones (excluding diaryl/α,β-unsaturated/α-hetero) is 1. The Morgan fingerprint density at radius 1 is 1.22 bits per heavy atom. The maximum atomic E-state index is 14.8. The number of nitrogens with one attached hydrogen (secondary N) is 1. The first kappa shape index (κ1) is 20.0. The summed E-state index contributed by atoms with van der Waals surface area (Å²) in [5.74, 6) is -0.455. The molecule has 0 spiro atoms. The summed E-state index contributed by atoms with van der Waals surface area (Å²) < 4.78 is 31.7. The average molecular weight is 438 g/mol. The van der Waals surface area contributed by atoms with Gasteiger partial charge in [-0.05, 0) is 24.5 Å². The minimum absolute atomic E-state index is 0.0457. The van der Waals surface area contributed by atoms with Gasteiger partial charge in [-0.25, -0.2) is 9.37 Å². The molecule has 6 rings (SSSR count). The summed E-state index contributed by atoms with van der Waals surface area (Å²) >= 11 is 0. The summed E-state index contributed by atoms with van der Waals surface area (Å²) in [5.41, 5.74) is 3.93. The summed E-state index contributed by atoms with van der Waals surface area (Å²) in [6.07, 6.45) is 0.751. The number of hydrogen-bond donors (Lipinski definition) is 2. The van der Waals surface area contributed by atoms with Gasteiger partial charge in [-0.2, -0.15) is 0 Å². The van der Waals surface area contributed by atoms with E-state index < -0.39 is 11.9 Å². The van der Waals surface area contributed by atoms with Crippen LogP contribution in [-0.2, 0) is 31.0 Å². The van der Waals surface area contributed by atoms with E-state index in [0.717, 1.165) is 24.1 Å². The molecule has 2 N–H and O–H groups in total. The summed E-state index contributed by atoms with van der Waals surface area (Å²) in [6.45, 7) is 0.761. The number of ether oxygens (including phenoxy) is 3. The lowest BCUT2D eigenvalue weighted by atomic mass is 9.95. The third kappa shape index (κ3) is 3.26. The first-order chi connectivity index (χ1) is 15.6. The van der Waals surface area contributed by atoms with E-state index in [1.807, 2.05) is 30.3 Å². The van der Waals surface area contributed by atoms with Gasteiger partial charge in [0.05, 0.1) is 30.9 Å². The molecule has 0 bridgehead atoms. The van der Waals surface area contributed by atoms with Crippen molar-refractivity contribution in [2.75, 3.05) is 19.8 Å². The smallest absolute Gasteiger partial charge is 0.189 e.